The number of nitrogen functional groups attached to an aromatic ring is 1. The summed E-state index contributed by atoms with van der Waals surface area (Å²) in [4.78, 5) is 12.4. The molecule has 0 spiro atoms. The van der Waals surface area contributed by atoms with Gasteiger partial charge in [-0.25, -0.2) is 8.42 Å². The van der Waals surface area contributed by atoms with Gasteiger partial charge in [0.15, 0.2) is 15.6 Å². The van der Waals surface area contributed by atoms with Gasteiger partial charge in [0.1, 0.15) is 9.90 Å². The van der Waals surface area contributed by atoms with Gasteiger partial charge in [0.2, 0.25) is 0 Å². The molecule has 1 heterocycles. The Bertz CT molecular complexity index is 634. The van der Waals surface area contributed by atoms with Crippen molar-refractivity contribution in [3.05, 3.63) is 4.88 Å². The largest absolute Gasteiger partial charge is 0.396 e. The fourth-order valence-corrected chi connectivity index (χ4v) is 4.76. The Kier molecular flexibility index (Phi) is 4.11. The van der Waals surface area contributed by atoms with Crippen molar-refractivity contribution in [2.24, 2.45) is 5.92 Å². The van der Waals surface area contributed by atoms with Crippen molar-refractivity contribution in [3.8, 4) is 0 Å². The third-order valence-corrected chi connectivity index (χ3v) is 6.70. The molecular weight excluding hydrogens is 296 g/mol. The molecule has 0 aliphatic heterocycles. The highest BCUT2D eigenvalue weighted by Gasteiger charge is 2.36. The number of carbonyl (C=O) groups is 1. The first kappa shape index (κ1) is 15.3. The minimum atomic E-state index is -3.45. The third-order valence-electron chi connectivity index (χ3n) is 3.59. The molecule has 0 aromatic carbocycles. The molecule has 2 unspecified atom stereocenters. The van der Waals surface area contributed by atoms with Crippen LogP contribution < -0.4 is 11.1 Å². The van der Waals surface area contributed by atoms with E-state index in [0.717, 1.165) is 6.42 Å². The van der Waals surface area contributed by atoms with Gasteiger partial charge in [-0.05, 0) is 12.3 Å². The maximum absolute atomic E-state index is 12.2. The van der Waals surface area contributed by atoms with Crippen LogP contribution in [0.25, 0.3) is 0 Å². The highest BCUT2D eigenvalue weighted by atomic mass is 32.2. The summed E-state index contributed by atoms with van der Waals surface area (Å²) in [6, 6.07) is 0.281. The lowest BCUT2D eigenvalue weighted by Gasteiger charge is -2.07. The van der Waals surface area contributed by atoms with Gasteiger partial charge in [-0.2, -0.15) is 0 Å². The second-order valence-electron chi connectivity index (χ2n) is 5.15. The van der Waals surface area contributed by atoms with E-state index in [2.05, 4.69) is 12.2 Å². The van der Waals surface area contributed by atoms with Gasteiger partial charge < -0.3 is 11.1 Å². The summed E-state index contributed by atoms with van der Waals surface area (Å²) < 4.78 is 24.5. The first-order chi connectivity index (χ1) is 9.31. The predicted molar refractivity (Wildman–Crippen MR) is 82.3 cm³/mol. The zero-order valence-electron chi connectivity index (χ0n) is 11.9. The number of hydrogen-bond acceptors (Lipinski definition) is 6. The van der Waals surface area contributed by atoms with E-state index in [-0.39, 0.29) is 28.2 Å². The lowest BCUT2D eigenvalue weighted by atomic mass is 10.2. The Morgan fingerprint density at radius 1 is 1.45 bits per heavy atom. The van der Waals surface area contributed by atoms with Crippen molar-refractivity contribution in [2.45, 2.75) is 44.6 Å². The normalized spacial score (nSPS) is 21.8. The van der Waals surface area contributed by atoms with Gasteiger partial charge in [-0.3, -0.25) is 4.79 Å². The summed E-state index contributed by atoms with van der Waals surface area (Å²) in [5, 5.41) is 3.75. The summed E-state index contributed by atoms with van der Waals surface area (Å²) in [6.45, 7) is 5.42. The standard InChI is InChI=1S/C13H20N2O3S2/c1-4-9(16)11-10(14)12(20(17,18)5-2)13(19-11)15-8-6-7(8)3/h7-8,15H,4-6,14H2,1-3H3. The number of Topliss-reactive ketones (excluding diaryl/α,β-unsaturated/α-hetero) is 1. The van der Waals surface area contributed by atoms with E-state index in [1.54, 1.807) is 13.8 Å². The molecule has 7 heteroatoms. The van der Waals surface area contributed by atoms with Crippen LogP contribution in [0.1, 0.15) is 43.3 Å². The van der Waals surface area contributed by atoms with Crippen molar-refractivity contribution in [1.29, 1.82) is 0 Å². The number of nitrogens with one attached hydrogen (secondary N) is 1. The lowest BCUT2D eigenvalue weighted by Crippen LogP contribution is -2.11. The van der Waals surface area contributed by atoms with E-state index in [1.807, 2.05) is 0 Å². The molecule has 0 radical (unpaired) electrons. The van der Waals surface area contributed by atoms with Gasteiger partial charge in [0.05, 0.1) is 16.3 Å². The highest BCUT2D eigenvalue weighted by molar-refractivity contribution is 7.92. The van der Waals surface area contributed by atoms with Crippen LogP contribution in [0.5, 0.6) is 0 Å². The molecule has 0 bridgehead atoms. The summed E-state index contributed by atoms with van der Waals surface area (Å²) in [5.74, 6) is 0.389. The molecule has 112 valence electrons. The number of ketones is 1. The van der Waals surface area contributed by atoms with Crippen LogP contribution in [0.3, 0.4) is 0 Å². The molecule has 1 aromatic rings. The van der Waals surface area contributed by atoms with E-state index in [1.165, 1.54) is 11.3 Å². The molecule has 1 aliphatic rings. The smallest absolute Gasteiger partial charge is 0.183 e. The molecule has 1 fully saturated rings. The molecule has 0 amide bonds. The van der Waals surface area contributed by atoms with Gasteiger partial charge >= 0.3 is 0 Å². The van der Waals surface area contributed by atoms with Crippen LogP contribution in [-0.4, -0.2) is 26.0 Å². The minimum absolute atomic E-state index is 0.0252. The molecule has 1 saturated carbocycles. The van der Waals surface area contributed by atoms with Gasteiger partial charge in [0, 0.05) is 12.5 Å². The summed E-state index contributed by atoms with van der Waals surface area (Å²) in [6.07, 6.45) is 1.33. The average molecular weight is 316 g/mol. The lowest BCUT2D eigenvalue weighted by molar-refractivity contribution is 0.0992. The molecule has 1 aromatic heterocycles. The van der Waals surface area contributed by atoms with Crippen molar-refractivity contribution in [1.82, 2.24) is 0 Å². The number of carbonyl (C=O) groups excluding carboxylic acids is 1. The molecule has 5 nitrogen and oxygen atoms in total. The number of anilines is 2. The Labute approximate surface area is 123 Å². The highest BCUT2D eigenvalue weighted by Crippen LogP contribution is 2.43. The number of sulfone groups is 1. The first-order valence-corrected chi connectivity index (χ1v) is 9.23. The minimum Gasteiger partial charge on any atom is -0.396 e. The van der Waals surface area contributed by atoms with Gasteiger partial charge in [-0.15, -0.1) is 11.3 Å². The van der Waals surface area contributed by atoms with Crippen molar-refractivity contribution < 1.29 is 13.2 Å². The van der Waals surface area contributed by atoms with Crippen LogP contribution in [0, 0.1) is 5.92 Å². The monoisotopic (exact) mass is 316 g/mol. The molecule has 0 saturated heterocycles. The second-order valence-corrected chi connectivity index (χ2v) is 8.38. The molecule has 2 atom stereocenters. The van der Waals surface area contributed by atoms with E-state index in [4.69, 9.17) is 5.73 Å². The Morgan fingerprint density at radius 3 is 2.50 bits per heavy atom. The Balaban J connectivity index is 2.50. The quantitative estimate of drug-likeness (QED) is 0.787. The van der Waals surface area contributed by atoms with Crippen molar-refractivity contribution in [2.75, 3.05) is 16.8 Å². The first-order valence-electron chi connectivity index (χ1n) is 6.76. The maximum Gasteiger partial charge on any atom is 0.183 e. The fraction of sp³-hybridized carbons (Fsp3) is 0.615. The molecular formula is C13H20N2O3S2. The number of hydrogen-bond donors (Lipinski definition) is 2. The number of nitrogens with two attached hydrogens (primary N) is 1. The summed E-state index contributed by atoms with van der Waals surface area (Å²) >= 11 is 1.17. The van der Waals surface area contributed by atoms with Gasteiger partial charge in [0.25, 0.3) is 0 Å². The summed E-state index contributed by atoms with van der Waals surface area (Å²) in [5.41, 5.74) is 6.05. The predicted octanol–water partition coefficient (Wildman–Crippen LogP) is 2.54. The molecule has 1 aliphatic carbocycles. The van der Waals surface area contributed by atoms with Crippen LogP contribution in [0.15, 0.2) is 4.90 Å². The zero-order valence-corrected chi connectivity index (χ0v) is 13.5. The Hall–Kier alpha value is -1.08. The molecule has 3 N–H and O–H groups in total. The third kappa shape index (κ3) is 2.69. The van der Waals surface area contributed by atoms with Crippen LogP contribution in [-0.2, 0) is 9.84 Å². The van der Waals surface area contributed by atoms with E-state index < -0.39 is 9.84 Å². The maximum atomic E-state index is 12.2. The van der Waals surface area contributed by atoms with Crippen molar-refractivity contribution in [3.63, 3.8) is 0 Å². The van der Waals surface area contributed by atoms with E-state index in [9.17, 15) is 13.2 Å². The molecule has 20 heavy (non-hydrogen) atoms. The van der Waals surface area contributed by atoms with Gasteiger partial charge in [-0.1, -0.05) is 20.8 Å². The number of thiophene rings is 1. The number of rotatable bonds is 6. The summed E-state index contributed by atoms with van der Waals surface area (Å²) in [7, 11) is -3.45. The van der Waals surface area contributed by atoms with Crippen LogP contribution in [0.4, 0.5) is 10.7 Å². The zero-order chi connectivity index (χ0) is 15.1. The second kappa shape index (κ2) is 5.37. The SMILES string of the molecule is CCC(=O)c1sc(NC2CC2C)c(S(=O)(=O)CC)c1N. The Morgan fingerprint density at radius 2 is 2.05 bits per heavy atom. The van der Waals surface area contributed by atoms with Crippen LogP contribution >= 0.6 is 11.3 Å². The molecule has 2 rings (SSSR count). The van der Waals surface area contributed by atoms with Crippen molar-refractivity contribution >= 4 is 37.6 Å². The van der Waals surface area contributed by atoms with Crippen LogP contribution in [0.2, 0.25) is 0 Å². The van der Waals surface area contributed by atoms with E-state index in [0.29, 0.717) is 22.2 Å². The van der Waals surface area contributed by atoms with E-state index >= 15 is 0 Å². The fourth-order valence-electron chi connectivity index (χ4n) is 2.04. The topological polar surface area (TPSA) is 89.3 Å². The average Bonchev–Trinajstić information content (AvgIpc) is 2.98.